The molecule has 19 heavy (non-hydrogen) atoms. The van der Waals surface area contributed by atoms with Gasteiger partial charge >= 0.3 is 0 Å². The van der Waals surface area contributed by atoms with E-state index in [1.54, 1.807) is 0 Å². The zero-order valence-corrected chi connectivity index (χ0v) is 10.7. The molecule has 0 unspecified atom stereocenters. The van der Waals surface area contributed by atoms with Crippen LogP contribution in [0, 0.1) is 13.8 Å². The third-order valence-electron chi connectivity index (χ3n) is 2.77. The minimum atomic E-state index is -0.0919. The van der Waals surface area contributed by atoms with Crippen LogP contribution in [0.2, 0.25) is 0 Å². The molecule has 0 saturated carbocycles. The molecule has 0 spiro atoms. The summed E-state index contributed by atoms with van der Waals surface area (Å²) < 4.78 is 5.64. The SMILES string of the molecule is Cc1cccc(Oc2cnc(C(N)=NO)cn2)c1C. The van der Waals surface area contributed by atoms with Gasteiger partial charge in [0.05, 0.1) is 12.4 Å². The highest BCUT2D eigenvalue weighted by Crippen LogP contribution is 2.24. The van der Waals surface area contributed by atoms with Crippen molar-refractivity contribution in [3.63, 3.8) is 0 Å². The standard InChI is InChI=1S/C13H14N4O2/c1-8-4-3-5-11(9(8)2)19-12-7-15-10(6-16-12)13(14)17-18/h3-7,18H,1-2H3,(H2,14,17). The zero-order valence-electron chi connectivity index (χ0n) is 10.7. The van der Waals surface area contributed by atoms with Gasteiger partial charge in [-0.3, -0.25) is 0 Å². The van der Waals surface area contributed by atoms with Crippen LogP contribution >= 0.6 is 0 Å². The van der Waals surface area contributed by atoms with Gasteiger partial charge in [0, 0.05) is 0 Å². The van der Waals surface area contributed by atoms with Crippen molar-refractivity contribution in [3.8, 4) is 11.6 Å². The zero-order chi connectivity index (χ0) is 13.8. The molecular formula is C13H14N4O2. The lowest BCUT2D eigenvalue weighted by atomic mass is 10.1. The first-order valence-electron chi connectivity index (χ1n) is 5.66. The molecule has 0 aliphatic carbocycles. The maximum atomic E-state index is 8.52. The summed E-state index contributed by atoms with van der Waals surface area (Å²) in [5, 5.41) is 11.4. The summed E-state index contributed by atoms with van der Waals surface area (Å²) in [7, 11) is 0. The first-order chi connectivity index (χ1) is 9.11. The van der Waals surface area contributed by atoms with E-state index in [0.29, 0.717) is 5.88 Å². The molecule has 0 aliphatic rings. The van der Waals surface area contributed by atoms with E-state index in [1.807, 2.05) is 32.0 Å². The van der Waals surface area contributed by atoms with Crippen molar-refractivity contribution >= 4 is 5.84 Å². The molecule has 0 atom stereocenters. The lowest BCUT2D eigenvalue weighted by Crippen LogP contribution is -2.15. The van der Waals surface area contributed by atoms with Crippen molar-refractivity contribution in [2.75, 3.05) is 0 Å². The van der Waals surface area contributed by atoms with Gasteiger partial charge < -0.3 is 15.7 Å². The van der Waals surface area contributed by atoms with Gasteiger partial charge in [0.15, 0.2) is 5.84 Å². The molecule has 0 radical (unpaired) electrons. The van der Waals surface area contributed by atoms with E-state index in [-0.39, 0.29) is 11.5 Å². The minimum Gasteiger partial charge on any atom is -0.437 e. The molecule has 6 heteroatoms. The van der Waals surface area contributed by atoms with Crippen LogP contribution in [0.5, 0.6) is 11.6 Å². The Morgan fingerprint density at radius 2 is 2.05 bits per heavy atom. The summed E-state index contributed by atoms with van der Waals surface area (Å²) >= 11 is 0. The Kier molecular flexibility index (Phi) is 3.61. The van der Waals surface area contributed by atoms with Crippen LogP contribution in [0.1, 0.15) is 16.8 Å². The van der Waals surface area contributed by atoms with Gasteiger partial charge in [0.2, 0.25) is 5.88 Å². The molecule has 2 rings (SSSR count). The Morgan fingerprint density at radius 3 is 2.68 bits per heavy atom. The van der Waals surface area contributed by atoms with Crippen molar-refractivity contribution in [2.45, 2.75) is 13.8 Å². The largest absolute Gasteiger partial charge is 0.437 e. The van der Waals surface area contributed by atoms with Gasteiger partial charge in [-0.15, -0.1) is 0 Å². The summed E-state index contributed by atoms with van der Waals surface area (Å²) in [5.74, 6) is 0.986. The monoisotopic (exact) mass is 258 g/mol. The topological polar surface area (TPSA) is 93.6 Å². The van der Waals surface area contributed by atoms with E-state index in [1.165, 1.54) is 12.4 Å². The number of oxime groups is 1. The molecule has 0 aliphatic heterocycles. The molecule has 3 N–H and O–H groups in total. The fourth-order valence-corrected chi connectivity index (χ4v) is 1.50. The number of amidine groups is 1. The number of aryl methyl sites for hydroxylation is 1. The minimum absolute atomic E-state index is 0.0919. The predicted octanol–water partition coefficient (Wildman–Crippen LogP) is 1.98. The second-order valence-electron chi connectivity index (χ2n) is 4.03. The number of aromatic nitrogens is 2. The maximum absolute atomic E-state index is 8.52. The van der Waals surface area contributed by atoms with Crippen molar-refractivity contribution in [2.24, 2.45) is 10.9 Å². The average molecular weight is 258 g/mol. The lowest BCUT2D eigenvalue weighted by molar-refractivity contribution is 0.318. The summed E-state index contributed by atoms with van der Waals surface area (Å²) in [6.07, 6.45) is 2.81. The Labute approximate surface area is 110 Å². The lowest BCUT2D eigenvalue weighted by Gasteiger charge is -2.09. The average Bonchev–Trinajstić information content (AvgIpc) is 2.44. The summed E-state index contributed by atoms with van der Waals surface area (Å²) in [6, 6.07) is 5.78. The first-order valence-corrected chi connectivity index (χ1v) is 5.66. The van der Waals surface area contributed by atoms with Crippen LogP contribution in [-0.4, -0.2) is 21.0 Å². The van der Waals surface area contributed by atoms with Crippen molar-refractivity contribution in [1.29, 1.82) is 0 Å². The highest BCUT2D eigenvalue weighted by atomic mass is 16.5. The molecule has 6 nitrogen and oxygen atoms in total. The third kappa shape index (κ3) is 2.79. The second kappa shape index (κ2) is 5.34. The maximum Gasteiger partial charge on any atom is 0.237 e. The van der Waals surface area contributed by atoms with Crippen LogP contribution in [0.25, 0.3) is 0 Å². The number of rotatable bonds is 3. The highest BCUT2D eigenvalue weighted by Gasteiger charge is 2.06. The van der Waals surface area contributed by atoms with Gasteiger partial charge in [0.1, 0.15) is 11.4 Å². The van der Waals surface area contributed by atoms with Crippen LogP contribution in [-0.2, 0) is 0 Å². The molecule has 1 aromatic heterocycles. The Balaban J connectivity index is 2.22. The summed E-state index contributed by atoms with van der Waals surface area (Å²) in [6.45, 7) is 3.98. The van der Waals surface area contributed by atoms with Crippen LogP contribution in [0.4, 0.5) is 0 Å². The van der Waals surface area contributed by atoms with Gasteiger partial charge in [-0.2, -0.15) is 0 Å². The highest BCUT2D eigenvalue weighted by molar-refractivity contribution is 5.94. The molecule has 0 fully saturated rings. The van der Waals surface area contributed by atoms with E-state index < -0.39 is 0 Å². The molecular weight excluding hydrogens is 244 g/mol. The second-order valence-corrected chi connectivity index (χ2v) is 4.03. The molecule has 0 saturated heterocycles. The van der Waals surface area contributed by atoms with E-state index in [0.717, 1.165) is 16.9 Å². The van der Waals surface area contributed by atoms with Gasteiger partial charge in [-0.25, -0.2) is 9.97 Å². The van der Waals surface area contributed by atoms with Crippen LogP contribution in [0.15, 0.2) is 35.7 Å². The van der Waals surface area contributed by atoms with Gasteiger partial charge in [-0.1, -0.05) is 17.3 Å². The van der Waals surface area contributed by atoms with E-state index in [2.05, 4.69) is 15.1 Å². The number of nitrogens with zero attached hydrogens (tertiary/aromatic N) is 3. The number of benzene rings is 1. The fraction of sp³-hybridized carbons (Fsp3) is 0.154. The quantitative estimate of drug-likeness (QED) is 0.380. The molecule has 2 aromatic rings. The predicted molar refractivity (Wildman–Crippen MR) is 70.5 cm³/mol. The normalized spacial score (nSPS) is 11.4. The van der Waals surface area contributed by atoms with Gasteiger partial charge in [0.25, 0.3) is 0 Å². The summed E-state index contributed by atoms with van der Waals surface area (Å²) in [4.78, 5) is 8.05. The Bertz CT molecular complexity index is 609. The van der Waals surface area contributed by atoms with E-state index in [4.69, 9.17) is 15.7 Å². The molecule has 0 amide bonds. The van der Waals surface area contributed by atoms with Crippen molar-refractivity contribution in [1.82, 2.24) is 9.97 Å². The van der Waals surface area contributed by atoms with Crippen molar-refractivity contribution in [3.05, 3.63) is 47.4 Å². The number of hydrogen-bond acceptors (Lipinski definition) is 5. The van der Waals surface area contributed by atoms with E-state index >= 15 is 0 Å². The number of hydrogen-bond donors (Lipinski definition) is 2. The fourth-order valence-electron chi connectivity index (χ4n) is 1.50. The molecule has 98 valence electrons. The van der Waals surface area contributed by atoms with Gasteiger partial charge in [-0.05, 0) is 31.0 Å². The summed E-state index contributed by atoms with van der Waals surface area (Å²) in [5.41, 5.74) is 7.87. The third-order valence-corrected chi connectivity index (χ3v) is 2.77. The Morgan fingerprint density at radius 1 is 1.26 bits per heavy atom. The molecule has 1 heterocycles. The molecule has 0 bridgehead atoms. The molecule has 1 aromatic carbocycles. The first kappa shape index (κ1) is 12.8. The number of ether oxygens (including phenoxy) is 1. The smallest absolute Gasteiger partial charge is 0.237 e. The van der Waals surface area contributed by atoms with E-state index in [9.17, 15) is 0 Å². The van der Waals surface area contributed by atoms with Crippen LogP contribution < -0.4 is 10.5 Å². The number of nitrogens with two attached hydrogens (primary N) is 1. The van der Waals surface area contributed by atoms with Crippen molar-refractivity contribution < 1.29 is 9.94 Å². The van der Waals surface area contributed by atoms with Crippen LogP contribution in [0.3, 0.4) is 0 Å². The Hall–Kier alpha value is -2.63.